The molecule has 0 spiro atoms. The van der Waals surface area contributed by atoms with Gasteiger partial charge >= 0.3 is 6.18 Å². The van der Waals surface area contributed by atoms with Gasteiger partial charge in [-0.1, -0.05) is 0 Å². The van der Waals surface area contributed by atoms with Gasteiger partial charge in [-0.2, -0.15) is 13.2 Å². The van der Waals surface area contributed by atoms with E-state index >= 15 is 0 Å². The van der Waals surface area contributed by atoms with Crippen LogP contribution >= 0.6 is 15.9 Å². The van der Waals surface area contributed by atoms with Crippen LogP contribution in [0, 0.1) is 0 Å². The first-order chi connectivity index (χ1) is 11.4. The molecule has 128 valence electrons. The molecule has 0 aromatic carbocycles. The molecule has 1 atom stereocenters. The maximum atomic E-state index is 12.7. The number of nitrogens with zero attached hydrogens (tertiary/aromatic N) is 4. The maximum absolute atomic E-state index is 12.7. The highest BCUT2D eigenvalue weighted by atomic mass is 79.9. The summed E-state index contributed by atoms with van der Waals surface area (Å²) in [5.74, 6) is 0.825. The molecule has 2 aromatic rings. The fourth-order valence-electron chi connectivity index (χ4n) is 2.67. The van der Waals surface area contributed by atoms with Crippen molar-refractivity contribution in [2.45, 2.75) is 25.1 Å². The summed E-state index contributed by atoms with van der Waals surface area (Å²) in [6.07, 6.45) is 0.0954. The van der Waals surface area contributed by atoms with Crippen molar-refractivity contribution >= 4 is 27.7 Å². The van der Waals surface area contributed by atoms with E-state index in [1.807, 2.05) is 12.1 Å². The standard InChI is InChI=1S/C15H15BrF3N5/c16-11-4-1-6-20-13(11)24-8-2-3-10(9-24)22-14-21-7-5-12(23-14)15(17,18)19/h1,4-7,10H,2-3,8-9H2,(H,21,22,23). The molecule has 0 aliphatic carbocycles. The van der Waals surface area contributed by atoms with Gasteiger partial charge in [-0.05, 0) is 47.0 Å². The van der Waals surface area contributed by atoms with Gasteiger partial charge in [0, 0.05) is 31.5 Å². The topological polar surface area (TPSA) is 53.9 Å². The Morgan fingerprint density at radius 2 is 2.04 bits per heavy atom. The van der Waals surface area contributed by atoms with Gasteiger partial charge in [0.25, 0.3) is 0 Å². The molecule has 0 radical (unpaired) electrons. The molecule has 24 heavy (non-hydrogen) atoms. The molecule has 0 saturated carbocycles. The molecule has 1 fully saturated rings. The van der Waals surface area contributed by atoms with E-state index in [1.165, 1.54) is 0 Å². The van der Waals surface area contributed by atoms with Crippen LogP contribution in [0.25, 0.3) is 0 Å². The van der Waals surface area contributed by atoms with Gasteiger partial charge in [-0.3, -0.25) is 0 Å². The Morgan fingerprint density at radius 3 is 2.79 bits per heavy atom. The molecule has 3 rings (SSSR count). The maximum Gasteiger partial charge on any atom is 0.433 e. The van der Waals surface area contributed by atoms with Gasteiger partial charge in [0.2, 0.25) is 5.95 Å². The van der Waals surface area contributed by atoms with E-state index in [-0.39, 0.29) is 12.0 Å². The number of halogens is 4. The Bertz CT molecular complexity index is 710. The van der Waals surface area contributed by atoms with E-state index in [4.69, 9.17) is 0 Å². The number of hydrogen-bond donors (Lipinski definition) is 1. The Kier molecular flexibility index (Phi) is 4.88. The number of hydrogen-bond acceptors (Lipinski definition) is 5. The predicted octanol–water partition coefficient (Wildman–Crippen LogP) is 3.73. The van der Waals surface area contributed by atoms with Crippen LogP contribution in [0.1, 0.15) is 18.5 Å². The van der Waals surface area contributed by atoms with Crippen molar-refractivity contribution in [1.82, 2.24) is 15.0 Å². The molecule has 1 N–H and O–H groups in total. The minimum atomic E-state index is -4.48. The summed E-state index contributed by atoms with van der Waals surface area (Å²) in [4.78, 5) is 13.9. The normalized spacial score (nSPS) is 18.5. The SMILES string of the molecule is FC(F)(F)c1ccnc(NC2CCCN(c3ncccc3Br)C2)n1. The molecule has 1 aliphatic rings. The highest BCUT2D eigenvalue weighted by Crippen LogP contribution is 2.29. The monoisotopic (exact) mass is 401 g/mol. The average Bonchev–Trinajstić information content (AvgIpc) is 2.55. The third-order valence-corrected chi connectivity index (χ3v) is 4.36. The Balaban J connectivity index is 1.71. The van der Waals surface area contributed by atoms with Crippen molar-refractivity contribution in [2.24, 2.45) is 0 Å². The second-order valence-electron chi connectivity index (χ2n) is 5.50. The summed E-state index contributed by atoms with van der Waals surface area (Å²) >= 11 is 3.48. The van der Waals surface area contributed by atoms with Gasteiger partial charge < -0.3 is 10.2 Å². The molecule has 3 heterocycles. The number of pyridine rings is 1. The van der Waals surface area contributed by atoms with E-state index in [9.17, 15) is 13.2 Å². The van der Waals surface area contributed by atoms with Crippen LogP contribution in [0.15, 0.2) is 35.1 Å². The van der Waals surface area contributed by atoms with E-state index in [0.29, 0.717) is 6.54 Å². The summed E-state index contributed by atoms with van der Waals surface area (Å²) in [7, 11) is 0. The second-order valence-corrected chi connectivity index (χ2v) is 6.36. The third kappa shape index (κ3) is 3.95. The number of piperidine rings is 1. The van der Waals surface area contributed by atoms with Gasteiger partial charge in [0.05, 0.1) is 4.47 Å². The van der Waals surface area contributed by atoms with Crippen molar-refractivity contribution in [3.05, 3.63) is 40.8 Å². The van der Waals surface area contributed by atoms with Gasteiger partial charge in [-0.25, -0.2) is 15.0 Å². The molecule has 1 saturated heterocycles. The lowest BCUT2D eigenvalue weighted by molar-refractivity contribution is -0.141. The lowest BCUT2D eigenvalue weighted by atomic mass is 10.1. The van der Waals surface area contributed by atoms with Crippen molar-refractivity contribution < 1.29 is 13.2 Å². The second kappa shape index (κ2) is 6.92. The molecule has 2 aromatic heterocycles. The lowest BCUT2D eigenvalue weighted by Gasteiger charge is -2.34. The molecule has 9 heteroatoms. The molecule has 1 unspecified atom stereocenters. The van der Waals surface area contributed by atoms with E-state index in [0.717, 1.165) is 41.9 Å². The highest BCUT2D eigenvalue weighted by Gasteiger charge is 2.33. The van der Waals surface area contributed by atoms with Crippen LogP contribution < -0.4 is 10.2 Å². The molecule has 5 nitrogen and oxygen atoms in total. The fourth-order valence-corrected chi connectivity index (χ4v) is 3.17. The zero-order valence-electron chi connectivity index (χ0n) is 12.6. The van der Waals surface area contributed by atoms with Crippen LogP contribution in [0.3, 0.4) is 0 Å². The summed E-state index contributed by atoms with van der Waals surface area (Å²) in [5, 5.41) is 3.01. The van der Waals surface area contributed by atoms with Crippen molar-refractivity contribution in [3.63, 3.8) is 0 Å². The summed E-state index contributed by atoms with van der Waals surface area (Å²) in [5.41, 5.74) is -0.944. The number of rotatable bonds is 3. The zero-order chi connectivity index (χ0) is 17.2. The van der Waals surface area contributed by atoms with Gasteiger partial charge in [-0.15, -0.1) is 0 Å². The zero-order valence-corrected chi connectivity index (χ0v) is 14.2. The minimum Gasteiger partial charge on any atom is -0.354 e. The predicted molar refractivity (Wildman–Crippen MR) is 87.8 cm³/mol. The molecule has 0 bridgehead atoms. The van der Waals surface area contributed by atoms with Crippen molar-refractivity contribution in [1.29, 1.82) is 0 Å². The first-order valence-electron chi connectivity index (χ1n) is 7.46. The molecule has 0 amide bonds. The Morgan fingerprint density at radius 1 is 1.21 bits per heavy atom. The van der Waals surface area contributed by atoms with E-state index in [1.54, 1.807) is 6.20 Å². The van der Waals surface area contributed by atoms with Crippen LogP contribution in [0.2, 0.25) is 0 Å². The number of alkyl halides is 3. The summed E-state index contributed by atoms with van der Waals surface area (Å²) < 4.78 is 39.1. The lowest BCUT2D eigenvalue weighted by Crippen LogP contribution is -2.43. The van der Waals surface area contributed by atoms with Gasteiger partial charge in [0.15, 0.2) is 0 Å². The first kappa shape index (κ1) is 16.9. The van der Waals surface area contributed by atoms with E-state index < -0.39 is 11.9 Å². The first-order valence-corrected chi connectivity index (χ1v) is 8.25. The Hall–Kier alpha value is -1.90. The summed E-state index contributed by atoms with van der Waals surface area (Å²) in [6.45, 7) is 1.46. The number of anilines is 2. The minimum absolute atomic E-state index is 0.00300. The molecular formula is C15H15BrF3N5. The molecular weight excluding hydrogens is 387 g/mol. The van der Waals surface area contributed by atoms with Crippen molar-refractivity contribution in [2.75, 3.05) is 23.3 Å². The summed E-state index contributed by atoms with van der Waals surface area (Å²) in [6, 6.07) is 4.57. The van der Waals surface area contributed by atoms with E-state index in [2.05, 4.69) is 41.1 Å². The van der Waals surface area contributed by atoms with Crippen LogP contribution in [-0.2, 0) is 6.18 Å². The van der Waals surface area contributed by atoms with Crippen molar-refractivity contribution in [3.8, 4) is 0 Å². The largest absolute Gasteiger partial charge is 0.433 e. The fraction of sp³-hybridized carbons (Fsp3) is 0.400. The Labute approximate surface area is 145 Å². The van der Waals surface area contributed by atoms with Gasteiger partial charge in [0.1, 0.15) is 11.5 Å². The smallest absolute Gasteiger partial charge is 0.354 e. The van der Waals surface area contributed by atoms with Crippen LogP contribution in [0.4, 0.5) is 24.9 Å². The number of nitrogens with one attached hydrogen (secondary N) is 1. The van der Waals surface area contributed by atoms with Crippen LogP contribution in [-0.4, -0.2) is 34.1 Å². The molecule has 1 aliphatic heterocycles. The highest BCUT2D eigenvalue weighted by molar-refractivity contribution is 9.10. The average molecular weight is 402 g/mol. The third-order valence-electron chi connectivity index (χ3n) is 3.74. The quantitative estimate of drug-likeness (QED) is 0.848. The number of aromatic nitrogens is 3. The van der Waals surface area contributed by atoms with Crippen LogP contribution in [0.5, 0.6) is 0 Å².